The highest BCUT2D eigenvalue weighted by Crippen LogP contribution is 2.41. The van der Waals surface area contributed by atoms with Crippen molar-refractivity contribution in [1.82, 2.24) is 4.98 Å². The predicted octanol–water partition coefficient (Wildman–Crippen LogP) is 8.81. The summed E-state index contributed by atoms with van der Waals surface area (Å²) < 4.78 is 5.35. The van der Waals surface area contributed by atoms with Gasteiger partial charge in [-0.3, -0.25) is 0 Å². The zero-order valence-electron chi connectivity index (χ0n) is 21.8. The minimum atomic E-state index is -0.176. The van der Waals surface area contributed by atoms with Crippen LogP contribution in [-0.4, -0.2) is 11.5 Å². The number of hydrogen-bond donors (Lipinski definition) is 1. The van der Waals surface area contributed by atoms with Crippen molar-refractivity contribution in [2.75, 3.05) is 11.9 Å². The van der Waals surface area contributed by atoms with E-state index in [4.69, 9.17) is 4.42 Å². The number of nitrogens with one attached hydrogen (secondary N) is 1. The van der Waals surface area contributed by atoms with Crippen molar-refractivity contribution in [2.45, 2.75) is 58.8 Å². The monoisotopic (exact) mass is 468 g/mol. The maximum atomic E-state index is 5.35. The van der Waals surface area contributed by atoms with Gasteiger partial charge in [-0.1, -0.05) is 101 Å². The van der Waals surface area contributed by atoms with Gasteiger partial charge < -0.3 is 9.73 Å². The van der Waals surface area contributed by atoms with Crippen LogP contribution in [-0.2, 0) is 11.8 Å². The van der Waals surface area contributed by atoms with E-state index < -0.39 is 0 Å². The molecule has 0 saturated carbocycles. The van der Waals surface area contributed by atoms with Gasteiger partial charge in [-0.05, 0) is 53.2 Å². The molecule has 0 aliphatic rings. The zero-order valence-corrected chi connectivity index (χ0v) is 21.8. The Morgan fingerprint density at radius 3 is 2.71 bits per heavy atom. The molecule has 3 rings (SSSR count). The lowest BCUT2D eigenvalue weighted by Gasteiger charge is -2.32. The summed E-state index contributed by atoms with van der Waals surface area (Å²) in [6, 6.07) is 13.2. The molecule has 1 aromatic heterocycles. The number of hydrogen-bond acceptors (Lipinski definition) is 3. The third-order valence-electron chi connectivity index (χ3n) is 6.49. The Labute approximate surface area is 211 Å². The summed E-state index contributed by atoms with van der Waals surface area (Å²) in [5.41, 5.74) is 4.65. The van der Waals surface area contributed by atoms with E-state index in [1.54, 1.807) is 12.3 Å². The summed E-state index contributed by atoms with van der Waals surface area (Å²) in [4.78, 5) is 4.49. The van der Waals surface area contributed by atoms with Crippen LogP contribution >= 0.6 is 0 Å². The fraction of sp³-hybridized carbons (Fsp3) is 0.344. The van der Waals surface area contributed by atoms with Crippen LogP contribution in [0.5, 0.6) is 0 Å². The Balaban J connectivity index is 2.06. The van der Waals surface area contributed by atoms with E-state index in [2.05, 4.69) is 99.2 Å². The highest BCUT2D eigenvalue weighted by molar-refractivity contribution is 5.91. The number of oxazole rings is 1. The molecule has 0 radical (unpaired) electrons. The number of rotatable bonds is 13. The van der Waals surface area contributed by atoms with Gasteiger partial charge in [0.2, 0.25) is 0 Å². The maximum absolute atomic E-state index is 5.35. The Hall–Kier alpha value is -3.33. The van der Waals surface area contributed by atoms with Crippen molar-refractivity contribution in [3.63, 3.8) is 0 Å². The lowest BCUT2D eigenvalue weighted by molar-refractivity contribution is 0.472. The number of benzene rings is 2. The zero-order chi connectivity index (χ0) is 25.1. The normalized spacial score (nSPS) is 14.3. The van der Waals surface area contributed by atoms with Crippen molar-refractivity contribution in [3.8, 4) is 0 Å². The maximum Gasteiger partial charge on any atom is 0.180 e. The number of allylic oxidation sites excluding steroid dienone is 7. The van der Waals surface area contributed by atoms with E-state index in [1.165, 1.54) is 34.0 Å². The number of anilines is 1. The van der Waals surface area contributed by atoms with Gasteiger partial charge in [-0.2, -0.15) is 0 Å². The second-order valence-electron chi connectivity index (χ2n) is 9.86. The Morgan fingerprint density at radius 2 is 2.00 bits per heavy atom. The molecule has 3 aromatic rings. The fourth-order valence-electron chi connectivity index (χ4n) is 4.57. The fourth-order valence-corrected chi connectivity index (χ4v) is 4.57. The van der Waals surface area contributed by atoms with Crippen LogP contribution in [0.25, 0.3) is 10.8 Å². The summed E-state index contributed by atoms with van der Waals surface area (Å²) in [6.45, 7) is 13.8. The van der Waals surface area contributed by atoms with E-state index in [9.17, 15) is 0 Å². The lowest BCUT2D eigenvalue weighted by Crippen LogP contribution is -2.27. The van der Waals surface area contributed by atoms with Gasteiger partial charge in [-0.15, -0.1) is 0 Å². The molecule has 3 nitrogen and oxygen atoms in total. The molecule has 1 N–H and O–H groups in total. The van der Waals surface area contributed by atoms with Crippen molar-refractivity contribution >= 4 is 16.5 Å². The lowest BCUT2D eigenvalue weighted by atomic mass is 9.73. The van der Waals surface area contributed by atoms with Gasteiger partial charge in [0.05, 0.1) is 5.69 Å². The Bertz CT molecular complexity index is 1170. The summed E-state index contributed by atoms with van der Waals surface area (Å²) in [5, 5.41) is 6.32. The van der Waals surface area contributed by atoms with Gasteiger partial charge >= 0.3 is 0 Å². The molecule has 184 valence electrons. The largest absolute Gasteiger partial charge is 0.451 e. The van der Waals surface area contributed by atoms with Gasteiger partial charge in [0.1, 0.15) is 6.26 Å². The molecule has 35 heavy (non-hydrogen) atoms. The number of aromatic nitrogens is 1. The van der Waals surface area contributed by atoms with Gasteiger partial charge in [-0.25, -0.2) is 4.98 Å². The second kappa shape index (κ2) is 12.9. The first-order valence-electron chi connectivity index (χ1n) is 12.7. The number of nitrogens with zero attached hydrogens (tertiary/aromatic N) is 1. The minimum Gasteiger partial charge on any atom is -0.451 e. The highest BCUT2D eigenvalue weighted by atomic mass is 16.3. The van der Waals surface area contributed by atoms with Crippen molar-refractivity contribution in [2.24, 2.45) is 5.92 Å². The molecule has 0 bridgehead atoms. The molecule has 0 aliphatic heterocycles. The molecule has 0 spiro atoms. The van der Waals surface area contributed by atoms with Crippen LogP contribution in [0, 0.1) is 5.92 Å². The first-order valence-corrected chi connectivity index (χ1v) is 12.7. The van der Waals surface area contributed by atoms with Crippen LogP contribution in [0.3, 0.4) is 0 Å². The average molecular weight is 469 g/mol. The number of fused-ring (bicyclic) bond motifs is 1. The third kappa shape index (κ3) is 7.32. The molecule has 0 saturated heterocycles. The Morgan fingerprint density at radius 1 is 1.17 bits per heavy atom. The van der Waals surface area contributed by atoms with Gasteiger partial charge in [0.15, 0.2) is 6.39 Å². The smallest absolute Gasteiger partial charge is 0.180 e. The van der Waals surface area contributed by atoms with Crippen molar-refractivity contribution in [1.29, 1.82) is 0 Å². The predicted molar refractivity (Wildman–Crippen MR) is 151 cm³/mol. The topological polar surface area (TPSA) is 38.1 Å². The summed E-state index contributed by atoms with van der Waals surface area (Å²) >= 11 is 0. The van der Waals surface area contributed by atoms with Gasteiger partial charge in [0.25, 0.3) is 0 Å². The van der Waals surface area contributed by atoms with E-state index >= 15 is 0 Å². The van der Waals surface area contributed by atoms with Crippen LogP contribution in [0.4, 0.5) is 5.69 Å². The SMILES string of the molecule is C=C\C=C/C=C(/C=C/CC(C)(Cc1cocn1)c1c(NCCC(C)C)ccc2ccccc12)CC. The van der Waals surface area contributed by atoms with E-state index in [1.807, 2.05) is 12.2 Å². The third-order valence-corrected chi connectivity index (χ3v) is 6.49. The summed E-state index contributed by atoms with van der Waals surface area (Å²) in [5.74, 6) is 0.658. The van der Waals surface area contributed by atoms with Crippen LogP contribution in [0.1, 0.15) is 58.2 Å². The molecule has 1 heterocycles. The molecule has 0 aliphatic carbocycles. The molecule has 3 heteroatoms. The standard InChI is InChI=1S/C32H40N2O/c1-6-8-9-13-26(7-2)14-12-20-32(5,22-28-23-35-24-34-28)31-29-16-11-10-15-27(29)17-18-30(31)33-21-19-25(3)4/h6,8-18,23-25,33H,1,7,19-22H2,2-5H3/b9-8-,14-12+,26-13+. The first kappa shape index (κ1) is 26.3. The molecular formula is C32H40N2O. The van der Waals surface area contributed by atoms with Crippen LogP contribution < -0.4 is 5.32 Å². The first-order chi connectivity index (χ1) is 17.0. The highest BCUT2D eigenvalue weighted by Gasteiger charge is 2.31. The van der Waals surface area contributed by atoms with E-state index in [0.29, 0.717) is 5.92 Å². The summed E-state index contributed by atoms with van der Waals surface area (Å²) in [6.07, 6.45) is 19.6. The molecule has 1 unspecified atom stereocenters. The molecular weight excluding hydrogens is 428 g/mol. The van der Waals surface area contributed by atoms with E-state index in [0.717, 1.165) is 37.9 Å². The quantitative estimate of drug-likeness (QED) is 0.255. The average Bonchev–Trinajstić information content (AvgIpc) is 3.35. The van der Waals surface area contributed by atoms with Crippen LogP contribution in [0.2, 0.25) is 0 Å². The molecule has 0 amide bonds. The summed E-state index contributed by atoms with van der Waals surface area (Å²) in [7, 11) is 0. The molecule has 1 atom stereocenters. The Kier molecular flexibility index (Phi) is 9.72. The van der Waals surface area contributed by atoms with Gasteiger partial charge in [0, 0.05) is 24.1 Å². The second-order valence-corrected chi connectivity index (χ2v) is 9.86. The van der Waals surface area contributed by atoms with Crippen LogP contribution in [0.15, 0.2) is 102 Å². The molecule has 0 fully saturated rings. The van der Waals surface area contributed by atoms with E-state index in [-0.39, 0.29) is 5.41 Å². The van der Waals surface area contributed by atoms with Crippen molar-refractivity contribution in [3.05, 3.63) is 109 Å². The molecule has 2 aromatic carbocycles. The van der Waals surface area contributed by atoms with Crippen molar-refractivity contribution < 1.29 is 4.42 Å². The minimum absolute atomic E-state index is 0.176.